The van der Waals surface area contributed by atoms with E-state index in [1.807, 2.05) is 18.2 Å². The van der Waals surface area contributed by atoms with Gasteiger partial charge < -0.3 is 25.4 Å². The van der Waals surface area contributed by atoms with Crippen molar-refractivity contribution in [3.05, 3.63) is 70.3 Å². The van der Waals surface area contributed by atoms with E-state index < -0.39 is 5.97 Å². The summed E-state index contributed by atoms with van der Waals surface area (Å²) in [6.45, 7) is 2.79. The summed E-state index contributed by atoms with van der Waals surface area (Å²) >= 11 is 1.16. The van der Waals surface area contributed by atoms with Crippen molar-refractivity contribution < 1.29 is 24.5 Å². The lowest BCUT2D eigenvalue weighted by Gasteiger charge is -2.08. The van der Waals surface area contributed by atoms with Gasteiger partial charge in [0, 0.05) is 0 Å². The van der Waals surface area contributed by atoms with E-state index in [1.165, 1.54) is 6.07 Å². The van der Waals surface area contributed by atoms with Crippen molar-refractivity contribution in [2.75, 3.05) is 19.8 Å². The maximum Gasteiger partial charge on any atom is 0.344 e. The Bertz CT molecular complexity index is 1030. The van der Waals surface area contributed by atoms with Crippen molar-refractivity contribution in [1.82, 2.24) is 0 Å². The number of thioether (sulfide) groups is 1. The zero-order valence-corrected chi connectivity index (χ0v) is 17.9. The van der Waals surface area contributed by atoms with E-state index in [1.54, 1.807) is 37.3 Å². The number of benzene rings is 2. The summed E-state index contributed by atoms with van der Waals surface area (Å²) in [5, 5.41) is 21.3. The Morgan fingerprint density at radius 3 is 2.65 bits per heavy atom. The highest BCUT2D eigenvalue weighted by Gasteiger charge is 2.33. The Hall–Kier alpha value is -3.23. The van der Waals surface area contributed by atoms with Gasteiger partial charge in [-0.05, 0) is 55.8 Å². The SMILES string of the molecule is CCOC(=O)C1=C(O)/C(=C/c2ccc(OCCCN)c(O)c2)SC1=Nc1ccccc1. The first kappa shape index (κ1) is 22.5. The summed E-state index contributed by atoms with van der Waals surface area (Å²) < 4.78 is 10.6. The molecule has 0 fully saturated rings. The molecule has 0 atom stereocenters. The van der Waals surface area contributed by atoms with Crippen LogP contribution in [0.5, 0.6) is 11.5 Å². The van der Waals surface area contributed by atoms with Crippen molar-refractivity contribution in [2.24, 2.45) is 10.7 Å². The van der Waals surface area contributed by atoms with Crippen LogP contribution in [-0.2, 0) is 9.53 Å². The van der Waals surface area contributed by atoms with Crippen LogP contribution in [0.1, 0.15) is 18.9 Å². The van der Waals surface area contributed by atoms with Gasteiger partial charge in [0.2, 0.25) is 0 Å². The molecule has 0 saturated heterocycles. The molecule has 4 N–H and O–H groups in total. The van der Waals surface area contributed by atoms with Crippen LogP contribution in [0.3, 0.4) is 0 Å². The maximum atomic E-state index is 12.5. The van der Waals surface area contributed by atoms with Crippen LogP contribution >= 0.6 is 11.8 Å². The van der Waals surface area contributed by atoms with Crippen LogP contribution < -0.4 is 10.5 Å². The standard InChI is InChI=1S/C23H24N2O5S/c1-2-29-23(28)20-21(27)19(31-22(20)25-16-7-4-3-5-8-16)14-15-9-10-18(17(26)13-15)30-12-6-11-24/h3-5,7-10,13-14,26-27H,2,6,11-12,24H2,1H3/b19-14-,25-22?. The molecule has 1 aliphatic heterocycles. The van der Waals surface area contributed by atoms with Gasteiger partial charge in [0.05, 0.1) is 23.8 Å². The maximum absolute atomic E-state index is 12.5. The summed E-state index contributed by atoms with van der Waals surface area (Å²) in [5.74, 6) is -0.521. The molecular formula is C23H24N2O5S. The molecule has 0 unspecified atom stereocenters. The second kappa shape index (κ2) is 10.7. The Balaban J connectivity index is 1.92. The average Bonchev–Trinajstić information content (AvgIpc) is 3.05. The number of nitrogens with zero attached hydrogens (tertiary/aromatic N) is 1. The number of hydrogen-bond donors (Lipinski definition) is 3. The van der Waals surface area contributed by atoms with Crippen molar-refractivity contribution in [3.63, 3.8) is 0 Å². The predicted octanol–water partition coefficient (Wildman–Crippen LogP) is 4.31. The number of para-hydroxylation sites is 1. The number of aliphatic hydroxyl groups excluding tert-OH is 1. The Labute approximate surface area is 184 Å². The number of aliphatic imine (C=N–C) groups is 1. The number of ether oxygens (including phenoxy) is 2. The molecule has 0 saturated carbocycles. The van der Waals surface area contributed by atoms with E-state index in [0.29, 0.717) is 46.5 Å². The number of aliphatic hydroxyl groups is 1. The molecule has 0 radical (unpaired) electrons. The normalized spacial score (nSPS) is 16.2. The third-order valence-corrected chi connectivity index (χ3v) is 5.26. The van der Waals surface area contributed by atoms with Gasteiger partial charge in [-0.25, -0.2) is 9.79 Å². The summed E-state index contributed by atoms with van der Waals surface area (Å²) in [5.41, 5.74) is 6.75. The lowest BCUT2D eigenvalue weighted by Crippen LogP contribution is -2.12. The molecule has 2 aromatic carbocycles. The van der Waals surface area contributed by atoms with Crippen LogP contribution in [-0.4, -0.2) is 41.0 Å². The van der Waals surface area contributed by atoms with Crippen molar-refractivity contribution in [2.45, 2.75) is 13.3 Å². The van der Waals surface area contributed by atoms with Gasteiger partial charge in [0.1, 0.15) is 16.4 Å². The second-order valence-corrected chi connectivity index (χ2v) is 7.56. The van der Waals surface area contributed by atoms with Crippen LogP contribution in [0.25, 0.3) is 6.08 Å². The fourth-order valence-electron chi connectivity index (χ4n) is 2.77. The first-order valence-corrected chi connectivity index (χ1v) is 10.7. The smallest absolute Gasteiger partial charge is 0.344 e. The topological polar surface area (TPSA) is 114 Å². The summed E-state index contributed by atoms with van der Waals surface area (Å²) in [6.07, 6.45) is 2.34. The number of aromatic hydroxyl groups is 1. The molecule has 8 heteroatoms. The molecule has 7 nitrogen and oxygen atoms in total. The molecule has 0 aliphatic carbocycles. The third-order valence-electron chi connectivity index (χ3n) is 4.24. The lowest BCUT2D eigenvalue weighted by molar-refractivity contribution is -0.138. The molecule has 31 heavy (non-hydrogen) atoms. The zero-order valence-electron chi connectivity index (χ0n) is 17.1. The number of carbonyl (C=O) groups is 1. The molecule has 1 aliphatic rings. The predicted molar refractivity (Wildman–Crippen MR) is 123 cm³/mol. The molecule has 3 rings (SSSR count). The molecule has 0 spiro atoms. The van der Waals surface area contributed by atoms with E-state index in [-0.39, 0.29) is 23.7 Å². The van der Waals surface area contributed by atoms with Crippen LogP contribution in [0, 0.1) is 0 Å². The van der Waals surface area contributed by atoms with Crippen LogP contribution in [0.4, 0.5) is 5.69 Å². The number of rotatable bonds is 8. The van der Waals surface area contributed by atoms with Gasteiger partial charge in [-0.2, -0.15) is 0 Å². The molecule has 1 heterocycles. The first-order chi connectivity index (χ1) is 15.0. The quantitative estimate of drug-likeness (QED) is 0.414. The number of phenolic OH excluding ortho intramolecular Hbond substituents is 1. The minimum Gasteiger partial charge on any atom is -0.506 e. The van der Waals surface area contributed by atoms with Gasteiger partial charge in [-0.3, -0.25) is 0 Å². The number of hydrogen-bond acceptors (Lipinski definition) is 8. The molecule has 2 aromatic rings. The van der Waals surface area contributed by atoms with E-state index in [2.05, 4.69) is 4.99 Å². The lowest BCUT2D eigenvalue weighted by atomic mass is 10.1. The highest BCUT2D eigenvalue weighted by Crippen LogP contribution is 2.40. The van der Waals surface area contributed by atoms with Crippen LogP contribution in [0.2, 0.25) is 0 Å². The Kier molecular flexibility index (Phi) is 7.75. The van der Waals surface area contributed by atoms with E-state index in [9.17, 15) is 15.0 Å². The van der Waals surface area contributed by atoms with Gasteiger partial charge in [0.25, 0.3) is 0 Å². The van der Waals surface area contributed by atoms with Crippen molar-refractivity contribution in [3.8, 4) is 11.5 Å². The molecule has 0 amide bonds. The largest absolute Gasteiger partial charge is 0.506 e. The second-order valence-electron chi connectivity index (χ2n) is 6.53. The average molecular weight is 441 g/mol. The van der Waals surface area contributed by atoms with Gasteiger partial charge in [-0.1, -0.05) is 36.0 Å². The number of nitrogens with two attached hydrogens (primary N) is 1. The highest BCUT2D eigenvalue weighted by molar-refractivity contribution is 8.18. The molecule has 0 aromatic heterocycles. The zero-order chi connectivity index (χ0) is 22.2. The van der Waals surface area contributed by atoms with Gasteiger partial charge >= 0.3 is 5.97 Å². The Morgan fingerprint density at radius 1 is 1.19 bits per heavy atom. The van der Waals surface area contributed by atoms with Crippen molar-refractivity contribution in [1.29, 1.82) is 0 Å². The minimum atomic E-state index is -0.642. The van der Waals surface area contributed by atoms with E-state index in [0.717, 1.165) is 11.8 Å². The summed E-state index contributed by atoms with van der Waals surface area (Å²) in [7, 11) is 0. The van der Waals surface area contributed by atoms with Gasteiger partial charge in [-0.15, -0.1) is 0 Å². The molecule has 0 bridgehead atoms. The van der Waals surface area contributed by atoms with Gasteiger partial charge in [0.15, 0.2) is 11.5 Å². The third kappa shape index (κ3) is 5.68. The fraction of sp³-hybridized carbons (Fsp3) is 0.217. The number of carbonyl (C=O) groups excluding carboxylic acids is 1. The fourth-order valence-corrected chi connectivity index (χ4v) is 3.81. The molecular weight excluding hydrogens is 416 g/mol. The number of esters is 1. The minimum absolute atomic E-state index is 0.0212. The number of phenols is 1. The monoisotopic (exact) mass is 440 g/mol. The Morgan fingerprint density at radius 2 is 1.97 bits per heavy atom. The van der Waals surface area contributed by atoms with E-state index in [4.69, 9.17) is 15.2 Å². The first-order valence-electron chi connectivity index (χ1n) is 9.83. The highest BCUT2D eigenvalue weighted by atomic mass is 32.2. The van der Waals surface area contributed by atoms with E-state index >= 15 is 0 Å². The van der Waals surface area contributed by atoms with Crippen LogP contribution in [0.15, 0.2) is 69.8 Å². The molecule has 162 valence electrons. The summed E-state index contributed by atoms with van der Waals surface area (Å²) in [6, 6.07) is 14.1. The van der Waals surface area contributed by atoms with Crippen molar-refractivity contribution >= 4 is 34.5 Å². The summed E-state index contributed by atoms with van der Waals surface area (Å²) in [4.78, 5) is 17.4.